The van der Waals surface area contributed by atoms with Gasteiger partial charge in [-0.25, -0.2) is 14.6 Å². The molecule has 3 aromatic rings. The Balaban J connectivity index is 0.000000312. The number of carboxylic acid groups (broad SMARTS) is 2. The molecule has 1 aromatic carbocycles. The second-order valence-electron chi connectivity index (χ2n) is 6.90. The summed E-state index contributed by atoms with van der Waals surface area (Å²) in [6.07, 6.45) is 5.32. The summed E-state index contributed by atoms with van der Waals surface area (Å²) < 4.78 is 13.2. The molecule has 0 saturated carbocycles. The summed E-state index contributed by atoms with van der Waals surface area (Å²) in [6, 6.07) is 10.4. The fraction of sp³-hybridized carbons (Fsp3) is 0.318. The lowest BCUT2D eigenvalue weighted by Crippen LogP contribution is -2.38. The van der Waals surface area contributed by atoms with E-state index in [1.54, 1.807) is 11.3 Å². The number of carbonyl (C=O) groups is 2. The molecule has 2 N–H and O–H groups in total. The summed E-state index contributed by atoms with van der Waals surface area (Å²) in [4.78, 5) is 28.4. The topological polar surface area (TPSA) is 114 Å². The molecule has 3 heterocycles. The first-order valence-electron chi connectivity index (χ1n) is 10.1. The summed E-state index contributed by atoms with van der Waals surface area (Å²) in [5, 5.41) is 15.6. The fourth-order valence-electron chi connectivity index (χ4n) is 2.99. The number of nitrogens with zero attached hydrogens (tertiary/aromatic N) is 3. The van der Waals surface area contributed by atoms with Crippen molar-refractivity contribution in [3.8, 4) is 10.4 Å². The Bertz CT molecular complexity index is 993. The second-order valence-corrected chi connectivity index (χ2v) is 7.91. The first kappa shape index (κ1) is 23.6. The van der Waals surface area contributed by atoms with Gasteiger partial charge in [0, 0.05) is 44.2 Å². The number of carboxylic acids is 2. The number of aromatic nitrogens is 2. The maximum Gasteiger partial charge on any atom is 0.328 e. The van der Waals surface area contributed by atoms with Crippen LogP contribution in [0.15, 0.2) is 54.9 Å². The van der Waals surface area contributed by atoms with E-state index in [1.807, 2.05) is 6.07 Å². The summed E-state index contributed by atoms with van der Waals surface area (Å²) in [5.74, 6) is -2.51. The molecule has 0 radical (unpaired) electrons. The third-order valence-electron chi connectivity index (χ3n) is 4.54. The van der Waals surface area contributed by atoms with Crippen LogP contribution < -0.4 is 0 Å². The number of ether oxygens (including phenoxy) is 2. The van der Waals surface area contributed by atoms with Crippen molar-refractivity contribution in [3.05, 3.63) is 60.6 Å². The van der Waals surface area contributed by atoms with Gasteiger partial charge >= 0.3 is 11.9 Å². The molecular formula is C22H25N3O6S. The van der Waals surface area contributed by atoms with Crippen molar-refractivity contribution in [2.45, 2.75) is 6.61 Å². The zero-order valence-corrected chi connectivity index (χ0v) is 18.2. The van der Waals surface area contributed by atoms with Gasteiger partial charge in [0.15, 0.2) is 4.96 Å². The molecule has 0 amide bonds. The molecule has 170 valence electrons. The van der Waals surface area contributed by atoms with Crippen molar-refractivity contribution in [1.82, 2.24) is 14.3 Å². The Hall–Kier alpha value is -3.05. The van der Waals surface area contributed by atoms with E-state index in [-0.39, 0.29) is 0 Å². The Labute approximate surface area is 189 Å². The molecular weight excluding hydrogens is 434 g/mol. The van der Waals surface area contributed by atoms with E-state index in [4.69, 9.17) is 19.7 Å². The van der Waals surface area contributed by atoms with Crippen LogP contribution in [0, 0.1) is 0 Å². The van der Waals surface area contributed by atoms with Gasteiger partial charge in [-0.1, -0.05) is 41.7 Å². The first-order valence-corrected chi connectivity index (χ1v) is 10.9. The summed E-state index contributed by atoms with van der Waals surface area (Å²) in [6.45, 7) is 5.95. The van der Waals surface area contributed by atoms with E-state index in [1.165, 1.54) is 10.4 Å². The normalized spacial score (nSPS) is 14.4. The number of thiazole rings is 1. The molecule has 0 bridgehead atoms. The van der Waals surface area contributed by atoms with Gasteiger partial charge in [-0.05, 0) is 5.56 Å². The van der Waals surface area contributed by atoms with E-state index < -0.39 is 11.9 Å². The Morgan fingerprint density at radius 2 is 1.78 bits per heavy atom. The molecule has 2 aromatic heterocycles. The Kier molecular flexibility index (Phi) is 8.93. The van der Waals surface area contributed by atoms with E-state index >= 15 is 0 Å². The largest absolute Gasteiger partial charge is 0.478 e. The highest BCUT2D eigenvalue weighted by Crippen LogP contribution is 2.28. The lowest BCUT2D eigenvalue weighted by Gasteiger charge is -2.26. The standard InChI is InChI=1S/C18H21N3O2S.C4H4O4/c1-2-4-15(5-3-1)17-13-21-12-16(19-18(21)24-17)14-23-11-8-20-6-9-22-10-7-20;5-3(6)1-2-4(7)8/h1-5,12-13H,6-11,14H2;1-2H,(H,5,6)(H,7,8). The number of rotatable bonds is 8. The number of imidazole rings is 1. The van der Waals surface area contributed by atoms with Gasteiger partial charge in [0.25, 0.3) is 0 Å². The quantitative estimate of drug-likeness (QED) is 0.390. The molecule has 0 spiro atoms. The van der Waals surface area contributed by atoms with Crippen LogP contribution in [0.25, 0.3) is 15.4 Å². The molecule has 0 unspecified atom stereocenters. The predicted octanol–water partition coefficient (Wildman–Crippen LogP) is 2.62. The predicted molar refractivity (Wildman–Crippen MR) is 120 cm³/mol. The lowest BCUT2D eigenvalue weighted by atomic mass is 10.2. The second kappa shape index (κ2) is 12.1. The summed E-state index contributed by atoms with van der Waals surface area (Å²) >= 11 is 1.71. The lowest BCUT2D eigenvalue weighted by molar-refractivity contribution is -0.134. The van der Waals surface area contributed by atoms with Crippen molar-refractivity contribution in [2.24, 2.45) is 0 Å². The van der Waals surface area contributed by atoms with Crippen LogP contribution in [0.5, 0.6) is 0 Å². The van der Waals surface area contributed by atoms with Gasteiger partial charge in [0.2, 0.25) is 0 Å². The van der Waals surface area contributed by atoms with E-state index in [0.29, 0.717) is 18.8 Å². The number of fused-ring (bicyclic) bond motifs is 1. The molecule has 1 saturated heterocycles. The monoisotopic (exact) mass is 459 g/mol. The highest BCUT2D eigenvalue weighted by Gasteiger charge is 2.11. The molecule has 1 aliphatic rings. The highest BCUT2D eigenvalue weighted by atomic mass is 32.1. The summed E-state index contributed by atoms with van der Waals surface area (Å²) in [7, 11) is 0. The van der Waals surface area contributed by atoms with Crippen LogP contribution in [0.4, 0.5) is 0 Å². The molecule has 1 aliphatic heterocycles. The number of hydrogen-bond donors (Lipinski definition) is 2. The average molecular weight is 460 g/mol. The van der Waals surface area contributed by atoms with E-state index in [2.05, 4.69) is 50.9 Å². The van der Waals surface area contributed by atoms with Gasteiger partial charge < -0.3 is 19.7 Å². The van der Waals surface area contributed by atoms with Gasteiger partial charge in [0.05, 0.1) is 37.0 Å². The minimum atomic E-state index is -1.26. The Morgan fingerprint density at radius 1 is 1.09 bits per heavy atom. The van der Waals surface area contributed by atoms with Crippen molar-refractivity contribution in [2.75, 3.05) is 39.5 Å². The molecule has 9 nitrogen and oxygen atoms in total. The zero-order valence-electron chi connectivity index (χ0n) is 17.4. The molecule has 32 heavy (non-hydrogen) atoms. The van der Waals surface area contributed by atoms with Crippen LogP contribution in [0.3, 0.4) is 0 Å². The molecule has 4 rings (SSSR count). The maximum atomic E-state index is 9.55. The molecule has 10 heteroatoms. The third kappa shape index (κ3) is 7.57. The van der Waals surface area contributed by atoms with Gasteiger partial charge in [-0.2, -0.15) is 0 Å². The van der Waals surface area contributed by atoms with Gasteiger partial charge in [-0.3, -0.25) is 9.30 Å². The van der Waals surface area contributed by atoms with Crippen LogP contribution in [0.1, 0.15) is 5.69 Å². The Morgan fingerprint density at radius 3 is 2.41 bits per heavy atom. The van der Waals surface area contributed by atoms with Gasteiger partial charge in [0.1, 0.15) is 0 Å². The first-order chi connectivity index (χ1) is 15.5. The smallest absolute Gasteiger partial charge is 0.328 e. The average Bonchev–Trinajstić information content (AvgIpc) is 3.36. The third-order valence-corrected chi connectivity index (χ3v) is 5.58. The minimum Gasteiger partial charge on any atom is -0.478 e. The van der Waals surface area contributed by atoms with Crippen LogP contribution >= 0.6 is 11.3 Å². The SMILES string of the molecule is O=C(O)C=CC(=O)O.c1ccc(-c2cn3cc(COCCN4CCOCC4)nc3s2)cc1. The van der Waals surface area contributed by atoms with Crippen LogP contribution in [0.2, 0.25) is 0 Å². The number of hydrogen-bond acceptors (Lipinski definition) is 7. The van der Waals surface area contributed by atoms with Crippen molar-refractivity contribution >= 4 is 28.2 Å². The molecule has 0 aliphatic carbocycles. The van der Waals surface area contributed by atoms with Crippen LogP contribution in [-0.4, -0.2) is 75.9 Å². The minimum absolute atomic E-state index is 0.558. The van der Waals surface area contributed by atoms with Crippen molar-refractivity contribution in [3.63, 3.8) is 0 Å². The van der Waals surface area contributed by atoms with Gasteiger partial charge in [-0.15, -0.1) is 0 Å². The molecule has 1 fully saturated rings. The van der Waals surface area contributed by atoms with Crippen molar-refractivity contribution < 1.29 is 29.3 Å². The number of aliphatic carboxylic acids is 2. The number of benzene rings is 1. The van der Waals surface area contributed by atoms with E-state index in [9.17, 15) is 9.59 Å². The maximum absolute atomic E-state index is 9.55. The highest BCUT2D eigenvalue weighted by molar-refractivity contribution is 7.20. The van der Waals surface area contributed by atoms with Crippen molar-refractivity contribution in [1.29, 1.82) is 0 Å². The summed E-state index contributed by atoms with van der Waals surface area (Å²) in [5.41, 5.74) is 2.22. The molecule has 0 atom stereocenters. The zero-order chi connectivity index (χ0) is 22.8. The van der Waals surface area contributed by atoms with E-state index in [0.717, 1.165) is 50.1 Å². The fourth-order valence-corrected chi connectivity index (χ4v) is 3.98. The number of morpholine rings is 1. The van der Waals surface area contributed by atoms with Crippen LogP contribution in [-0.2, 0) is 25.7 Å².